The number of hydrogen-bond donors (Lipinski definition) is 0. The number of ether oxygens (including phenoxy) is 1. The standard InChI is InChI=1S/C17H30N4O/c1-13(2)10-14(3)22-16-11-15(8-9-18-16)12-19-17(20(4)5)21(6)7/h8-9,11,13-14H,10,12H2,1-7H3. The fraction of sp³-hybridized carbons (Fsp3) is 0.647. The topological polar surface area (TPSA) is 41.0 Å². The number of nitrogens with zero attached hydrogens (tertiary/aromatic N) is 4. The van der Waals surface area contributed by atoms with Crippen LogP contribution in [0.3, 0.4) is 0 Å². The summed E-state index contributed by atoms with van der Waals surface area (Å²) < 4.78 is 5.89. The molecule has 1 aromatic heterocycles. The first kappa shape index (κ1) is 18.3. The van der Waals surface area contributed by atoms with E-state index >= 15 is 0 Å². The van der Waals surface area contributed by atoms with E-state index in [9.17, 15) is 0 Å². The summed E-state index contributed by atoms with van der Waals surface area (Å²) in [4.78, 5) is 12.9. The van der Waals surface area contributed by atoms with Crippen molar-refractivity contribution in [2.75, 3.05) is 28.2 Å². The third-order valence-corrected chi connectivity index (χ3v) is 3.13. The molecule has 0 aliphatic carbocycles. The molecule has 1 heterocycles. The third-order valence-electron chi connectivity index (χ3n) is 3.13. The van der Waals surface area contributed by atoms with Crippen LogP contribution in [0.15, 0.2) is 23.3 Å². The van der Waals surface area contributed by atoms with Crippen LogP contribution in [0.1, 0.15) is 32.8 Å². The zero-order chi connectivity index (χ0) is 16.7. The Morgan fingerprint density at radius 1 is 1.18 bits per heavy atom. The summed E-state index contributed by atoms with van der Waals surface area (Å²) in [5.74, 6) is 2.23. The molecule has 0 aromatic carbocycles. The smallest absolute Gasteiger partial charge is 0.213 e. The lowest BCUT2D eigenvalue weighted by Gasteiger charge is -2.22. The van der Waals surface area contributed by atoms with Crippen molar-refractivity contribution in [3.8, 4) is 5.88 Å². The Kier molecular flexibility index (Phi) is 7.15. The van der Waals surface area contributed by atoms with Crippen molar-refractivity contribution >= 4 is 5.96 Å². The average Bonchev–Trinajstić information content (AvgIpc) is 2.37. The molecule has 124 valence electrons. The number of rotatable bonds is 6. The number of aromatic nitrogens is 1. The SMILES string of the molecule is CC(C)CC(C)Oc1cc(CN=C(N(C)C)N(C)C)ccn1. The lowest BCUT2D eigenvalue weighted by Crippen LogP contribution is -2.35. The molecule has 1 unspecified atom stereocenters. The molecule has 1 rings (SSSR count). The van der Waals surface area contributed by atoms with Crippen LogP contribution in [0.2, 0.25) is 0 Å². The quantitative estimate of drug-likeness (QED) is 0.598. The molecule has 0 aliphatic heterocycles. The molecule has 0 saturated heterocycles. The molecular formula is C17H30N4O. The van der Waals surface area contributed by atoms with E-state index in [1.54, 1.807) is 6.20 Å². The molecule has 1 aromatic rings. The van der Waals surface area contributed by atoms with Gasteiger partial charge in [-0.15, -0.1) is 0 Å². The van der Waals surface area contributed by atoms with Gasteiger partial charge in [0.2, 0.25) is 5.88 Å². The van der Waals surface area contributed by atoms with E-state index in [1.165, 1.54) is 0 Å². The number of guanidine groups is 1. The highest BCUT2D eigenvalue weighted by Gasteiger charge is 2.08. The molecular weight excluding hydrogens is 276 g/mol. The van der Waals surface area contributed by atoms with Crippen molar-refractivity contribution in [2.45, 2.75) is 39.8 Å². The van der Waals surface area contributed by atoms with Crippen molar-refractivity contribution in [1.29, 1.82) is 0 Å². The van der Waals surface area contributed by atoms with Gasteiger partial charge >= 0.3 is 0 Å². The van der Waals surface area contributed by atoms with Gasteiger partial charge in [0, 0.05) is 40.5 Å². The summed E-state index contributed by atoms with van der Waals surface area (Å²) in [6, 6.07) is 3.95. The molecule has 0 spiro atoms. The maximum Gasteiger partial charge on any atom is 0.213 e. The van der Waals surface area contributed by atoms with Crippen molar-refractivity contribution in [3.63, 3.8) is 0 Å². The van der Waals surface area contributed by atoms with Crippen LogP contribution in [0.5, 0.6) is 5.88 Å². The van der Waals surface area contributed by atoms with E-state index in [0.717, 1.165) is 17.9 Å². The molecule has 0 bridgehead atoms. The van der Waals surface area contributed by atoms with Gasteiger partial charge in [-0.3, -0.25) is 0 Å². The first-order valence-electron chi connectivity index (χ1n) is 7.80. The highest BCUT2D eigenvalue weighted by Crippen LogP contribution is 2.15. The van der Waals surface area contributed by atoms with E-state index in [1.807, 2.05) is 50.1 Å². The number of hydrogen-bond acceptors (Lipinski definition) is 3. The number of aliphatic imine (C=N–C) groups is 1. The van der Waals surface area contributed by atoms with Crippen molar-refractivity contribution < 1.29 is 4.74 Å². The van der Waals surface area contributed by atoms with Crippen LogP contribution in [-0.4, -0.2) is 55.0 Å². The molecule has 0 aliphatic rings. The van der Waals surface area contributed by atoms with E-state index in [0.29, 0.717) is 18.3 Å². The Balaban J connectivity index is 2.73. The maximum absolute atomic E-state index is 5.89. The second kappa shape index (κ2) is 8.61. The molecule has 0 saturated carbocycles. The average molecular weight is 306 g/mol. The maximum atomic E-state index is 5.89. The van der Waals surface area contributed by atoms with Crippen LogP contribution < -0.4 is 4.74 Å². The molecule has 0 radical (unpaired) electrons. The second-order valence-corrected chi connectivity index (χ2v) is 6.47. The minimum Gasteiger partial charge on any atom is -0.475 e. The largest absolute Gasteiger partial charge is 0.475 e. The molecule has 5 heteroatoms. The Morgan fingerprint density at radius 2 is 1.82 bits per heavy atom. The van der Waals surface area contributed by atoms with Gasteiger partial charge in [-0.1, -0.05) is 13.8 Å². The highest BCUT2D eigenvalue weighted by molar-refractivity contribution is 5.79. The van der Waals surface area contributed by atoms with E-state index in [2.05, 4.69) is 30.7 Å². The molecule has 0 fully saturated rings. The zero-order valence-electron chi connectivity index (χ0n) is 15.0. The van der Waals surface area contributed by atoms with Crippen molar-refractivity contribution in [1.82, 2.24) is 14.8 Å². The van der Waals surface area contributed by atoms with Crippen molar-refractivity contribution in [3.05, 3.63) is 23.9 Å². The van der Waals surface area contributed by atoms with E-state index in [-0.39, 0.29) is 6.10 Å². The van der Waals surface area contributed by atoms with Crippen molar-refractivity contribution in [2.24, 2.45) is 10.9 Å². The fourth-order valence-electron chi connectivity index (χ4n) is 2.38. The Hall–Kier alpha value is -1.78. The van der Waals surface area contributed by atoms with Crippen LogP contribution in [0, 0.1) is 5.92 Å². The zero-order valence-corrected chi connectivity index (χ0v) is 15.0. The molecule has 1 atom stereocenters. The fourth-order valence-corrected chi connectivity index (χ4v) is 2.38. The summed E-state index contributed by atoms with van der Waals surface area (Å²) in [5, 5.41) is 0. The monoisotopic (exact) mass is 306 g/mol. The summed E-state index contributed by atoms with van der Waals surface area (Å²) in [7, 11) is 7.97. The van der Waals surface area contributed by atoms with Gasteiger partial charge in [-0.25, -0.2) is 9.98 Å². The summed E-state index contributed by atoms with van der Waals surface area (Å²) >= 11 is 0. The van der Waals surface area contributed by atoms with Crippen LogP contribution in [0.4, 0.5) is 0 Å². The Bertz CT molecular complexity index is 473. The molecule has 22 heavy (non-hydrogen) atoms. The first-order chi connectivity index (χ1) is 10.3. The van der Waals surface area contributed by atoms with Gasteiger partial charge in [0.1, 0.15) is 0 Å². The van der Waals surface area contributed by atoms with Gasteiger partial charge in [0.05, 0.1) is 12.6 Å². The minimum absolute atomic E-state index is 0.172. The van der Waals surface area contributed by atoms with E-state index < -0.39 is 0 Å². The summed E-state index contributed by atoms with van der Waals surface area (Å²) in [6.07, 6.45) is 2.98. The summed E-state index contributed by atoms with van der Waals surface area (Å²) in [6.45, 7) is 7.09. The van der Waals surface area contributed by atoms with Crippen LogP contribution in [-0.2, 0) is 6.54 Å². The van der Waals surface area contributed by atoms with Gasteiger partial charge < -0.3 is 14.5 Å². The normalized spacial score (nSPS) is 12.0. The lowest BCUT2D eigenvalue weighted by molar-refractivity contribution is 0.185. The third kappa shape index (κ3) is 6.33. The van der Waals surface area contributed by atoms with Gasteiger partial charge in [0.15, 0.2) is 5.96 Å². The summed E-state index contributed by atoms with van der Waals surface area (Å²) in [5.41, 5.74) is 1.10. The Labute approximate surface area is 135 Å². The second-order valence-electron chi connectivity index (χ2n) is 6.47. The highest BCUT2D eigenvalue weighted by atomic mass is 16.5. The molecule has 5 nitrogen and oxygen atoms in total. The van der Waals surface area contributed by atoms with Gasteiger partial charge in [-0.05, 0) is 30.9 Å². The lowest BCUT2D eigenvalue weighted by atomic mass is 10.1. The molecule has 0 N–H and O–H groups in total. The first-order valence-corrected chi connectivity index (χ1v) is 7.80. The van der Waals surface area contributed by atoms with Gasteiger partial charge in [0.25, 0.3) is 0 Å². The van der Waals surface area contributed by atoms with Crippen LogP contribution >= 0.6 is 0 Å². The minimum atomic E-state index is 0.172. The van der Waals surface area contributed by atoms with Crippen LogP contribution in [0.25, 0.3) is 0 Å². The van der Waals surface area contributed by atoms with E-state index in [4.69, 9.17) is 4.74 Å². The van der Waals surface area contributed by atoms with Gasteiger partial charge in [-0.2, -0.15) is 0 Å². The molecule has 0 amide bonds. The predicted octanol–water partition coefficient (Wildman–Crippen LogP) is 2.87. The number of pyridine rings is 1. The predicted molar refractivity (Wildman–Crippen MR) is 92.3 cm³/mol. The Morgan fingerprint density at radius 3 is 2.36 bits per heavy atom.